The van der Waals surface area contributed by atoms with Gasteiger partial charge in [-0.25, -0.2) is 14.2 Å². The lowest BCUT2D eigenvalue weighted by molar-refractivity contribution is -0.151. The summed E-state index contributed by atoms with van der Waals surface area (Å²) in [6, 6.07) is 1.49. The summed E-state index contributed by atoms with van der Waals surface area (Å²) in [4.78, 5) is 30.2. The van der Waals surface area contributed by atoms with Crippen LogP contribution in [0.1, 0.15) is 47.2 Å². The Balaban J connectivity index is 1.78. The van der Waals surface area contributed by atoms with E-state index in [0.717, 1.165) is 29.4 Å². The maximum Gasteiger partial charge on any atom is 0.340 e. The van der Waals surface area contributed by atoms with Gasteiger partial charge in [0.05, 0.1) is 16.9 Å². The summed E-state index contributed by atoms with van der Waals surface area (Å²) in [5, 5.41) is 11.4. The highest BCUT2D eigenvalue weighted by atomic mass is 19.1. The summed E-state index contributed by atoms with van der Waals surface area (Å²) in [5.41, 5.74) is 6.47. The largest absolute Gasteiger partial charge is 0.459 e. The molecule has 31 heavy (non-hydrogen) atoms. The average molecular weight is 422 g/mol. The van der Waals surface area contributed by atoms with E-state index in [2.05, 4.69) is 6.92 Å². The van der Waals surface area contributed by atoms with Crippen molar-refractivity contribution in [3.8, 4) is 0 Å². The minimum Gasteiger partial charge on any atom is -0.459 e. The molecular weight excluding hydrogens is 399 g/mol. The van der Waals surface area contributed by atoms with Gasteiger partial charge >= 0.3 is 5.97 Å². The van der Waals surface area contributed by atoms with Crippen LogP contribution < -0.4 is 0 Å². The molecular formula is C24H23FN2O4. The smallest absolute Gasteiger partial charge is 0.340 e. The molecule has 0 fully saturated rings. The van der Waals surface area contributed by atoms with Crippen molar-refractivity contribution in [3.05, 3.63) is 57.1 Å². The highest BCUT2D eigenvalue weighted by Gasteiger charge is 2.35. The molecule has 1 N–H and O–H groups in total. The van der Waals surface area contributed by atoms with E-state index < -0.39 is 12.1 Å². The first kappa shape index (κ1) is 19.9. The van der Waals surface area contributed by atoms with E-state index in [0.29, 0.717) is 41.2 Å². The summed E-state index contributed by atoms with van der Waals surface area (Å²) in [5.74, 6) is -0.733. The predicted molar refractivity (Wildman–Crippen MR) is 113 cm³/mol. The lowest BCUT2D eigenvalue weighted by Gasteiger charge is -2.26. The molecule has 7 heteroatoms. The van der Waals surface area contributed by atoms with Gasteiger partial charge < -0.3 is 14.7 Å². The first-order valence-electron chi connectivity index (χ1n) is 10.4. The topological polar surface area (TPSA) is 79.7 Å². The number of carbonyl (C=O) groups excluding carboxylic acids is 2. The lowest BCUT2D eigenvalue weighted by atomic mass is 9.79. The fraction of sp³-hybridized carbons (Fsp3) is 0.375. The first-order chi connectivity index (χ1) is 14.8. The third-order valence-corrected chi connectivity index (χ3v) is 6.81. The Morgan fingerprint density at radius 2 is 2.13 bits per heavy atom. The van der Waals surface area contributed by atoms with Gasteiger partial charge in [-0.15, -0.1) is 0 Å². The van der Waals surface area contributed by atoms with E-state index in [4.69, 9.17) is 9.72 Å². The van der Waals surface area contributed by atoms with E-state index in [1.54, 1.807) is 6.08 Å². The molecule has 1 unspecified atom stereocenters. The van der Waals surface area contributed by atoms with Crippen LogP contribution in [0.5, 0.6) is 0 Å². The quantitative estimate of drug-likeness (QED) is 0.592. The Hall–Kier alpha value is -3.06. The fourth-order valence-corrected chi connectivity index (χ4v) is 5.09. The molecule has 160 valence electrons. The van der Waals surface area contributed by atoms with E-state index in [1.165, 1.54) is 11.6 Å². The highest BCUT2D eigenvalue weighted by Crippen LogP contribution is 2.45. The van der Waals surface area contributed by atoms with E-state index >= 15 is 0 Å². The van der Waals surface area contributed by atoms with Gasteiger partial charge in [-0.05, 0) is 48.4 Å². The number of aromatic nitrogens is 1. The number of hydrogen-bond acceptors (Lipinski definition) is 6. The van der Waals surface area contributed by atoms with Crippen LogP contribution in [0.15, 0.2) is 23.3 Å². The van der Waals surface area contributed by atoms with Crippen LogP contribution in [0.3, 0.4) is 0 Å². The predicted octanol–water partition coefficient (Wildman–Crippen LogP) is 2.93. The Morgan fingerprint density at radius 3 is 2.87 bits per heavy atom. The Kier molecular flexibility index (Phi) is 4.48. The molecule has 0 saturated carbocycles. The van der Waals surface area contributed by atoms with E-state index in [-0.39, 0.29) is 23.6 Å². The van der Waals surface area contributed by atoms with Gasteiger partial charge in [0, 0.05) is 41.8 Å². The minimum absolute atomic E-state index is 0.170. The van der Waals surface area contributed by atoms with Crippen molar-refractivity contribution in [2.75, 3.05) is 13.7 Å². The van der Waals surface area contributed by atoms with Gasteiger partial charge in [-0.3, -0.25) is 4.79 Å². The number of carbonyl (C=O) groups is 2. The monoisotopic (exact) mass is 422 g/mol. The second-order valence-electron chi connectivity index (χ2n) is 8.64. The van der Waals surface area contributed by atoms with Gasteiger partial charge in [-0.1, -0.05) is 6.92 Å². The normalized spacial score (nSPS) is 24.1. The third kappa shape index (κ3) is 2.83. The van der Waals surface area contributed by atoms with Crippen molar-refractivity contribution in [2.24, 2.45) is 0 Å². The number of pyridine rings is 1. The number of nitrogens with zero attached hydrogens (tertiary/aromatic N) is 2. The summed E-state index contributed by atoms with van der Waals surface area (Å²) < 4.78 is 19.5. The second-order valence-corrected chi connectivity index (χ2v) is 8.64. The molecule has 5 rings (SSSR count). The Labute approximate surface area is 179 Å². The lowest BCUT2D eigenvalue weighted by Crippen LogP contribution is -2.32. The van der Waals surface area contributed by atoms with Crippen molar-refractivity contribution < 1.29 is 23.8 Å². The third-order valence-electron chi connectivity index (χ3n) is 6.81. The highest BCUT2D eigenvalue weighted by molar-refractivity contribution is 5.93. The summed E-state index contributed by atoms with van der Waals surface area (Å²) in [7, 11) is 1.90. The van der Waals surface area contributed by atoms with Crippen molar-refractivity contribution in [3.63, 3.8) is 0 Å². The molecule has 0 radical (unpaired) electrons. The number of halogens is 1. The van der Waals surface area contributed by atoms with Gasteiger partial charge in [-0.2, -0.15) is 0 Å². The molecule has 2 atom stereocenters. The Bertz CT molecular complexity index is 1230. The van der Waals surface area contributed by atoms with Gasteiger partial charge in [0.15, 0.2) is 6.10 Å². The minimum atomic E-state index is -1.52. The Morgan fingerprint density at radius 1 is 1.35 bits per heavy atom. The average Bonchev–Trinajstić information content (AvgIpc) is 3.05. The summed E-state index contributed by atoms with van der Waals surface area (Å²) >= 11 is 0. The number of ether oxygens (including phenoxy) is 1. The van der Waals surface area contributed by atoms with Crippen LogP contribution in [0, 0.1) is 12.7 Å². The number of esters is 1. The maximum atomic E-state index is 14.6. The van der Waals surface area contributed by atoms with Gasteiger partial charge in [0.25, 0.3) is 0 Å². The van der Waals surface area contributed by atoms with Crippen LogP contribution >= 0.6 is 0 Å². The molecule has 3 aliphatic rings. The van der Waals surface area contributed by atoms with Crippen LogP contribution in [0.25, 0.3) is 16.6 Å². The van der Waals surface area contributed by atoms with E-state index in [1.807, 2.05) is 18.9 Å². The molecule has 3 heterocycles. The van der Waals surface area contributed by atoms with Crippen LogP contribution in [0.4, 0.5) is 4.39 Å². The van der Waals surface area contributed by atoms with Crippen molar-refractivity contribution in [2.45, 2.75) is 45.3 Å². The van der Waals surface area contributed by atoms with Crippen molar-refractivity contribution in [1.82, 2.24) is 9.88 Å². The zero-order chi connectivity index (χ0) is 22.0. The van der Waals surface area contributed by atoms with Crippen LogP contribution in [-0.4, -0.2) is 47.0 Å². The van der Waals surface area contributed by atoms with Crippen LogP contribution in [0.2, 0.25) is 0 Å². The molecule has 0 saturated heterocycles. The molecule has 0 spiro atoms. The molecule has 1 aromatic carbocycles. The van der Waals surface area contributed by atoms with E-state index in [9.17, 15) is 19.1 Å². The SMILES string of the molecule is Cc1c(F)cc2nc3c(c4c2c1CC[C@@H]4C)CN(C)/C3=C\C1=C(C=O)COC(=O)C1O. The number of aliphatic hydroxyl groups excluding tert-OH is 1. The molecule has 2 aromatic rings. The van der Waals surface area contributed by atoms with Crippen molar-refractivity contribution >= 4 is 28.9 Å². The summed E-state index contributed by atoms with van der Waals surface area (Å²) in [6.45, 7) is 4.46. The summed E-state index contributed by atoms with van der Waals surface area (Å²) in [6.07, 6.45) is 2.49. The fourth-order valence-electron chi connectivity index (χ4n) is 5.09. The second kappa shape index (κ2) is 6.99. The maximum absolute atomic E-state index is 14.6. The zero-order valence-corrected chi connectivity index (χ0v) is 17.7. The zero-order valence-electron chi connectivity index (χ0n) is 17.7. The number of rotatable bonds is 2. The van der Waals surface area contributed by atoms with Crippen molar-refractivity contribution in [1.29, 1.82) is 0 Å². The molecule has 0 amide bonds. The number of fused-ring (bicyclic) bond motifs is 2. The first-order valence-corrected chi connectivity index (χ1v) is 10.4. The standard InChI is InChI=1S/C24H23FN2O4/c1-11-4-5-14-12(2)17(25)7-18-21(14)20(11)16-8-27(3)19(22(16)26-18)6-15-13(9-28)10-31-24(30)23(15)29/h6-7,9,11,23,29H,4-5,8,10H2,1-3H3/b19-6-/t11-,23?/m0/s1. The number of hydrogen-bond donors (Lipinski definition) is 1. The number of aldehydes is 1. The molecule has 1 aromatic heterocycles. The molecule has 2 aliphatic heterocycles. The number of cyclic esters (lactones) is 1. The number of aryl methyl sites for hydroxylation is 1. The van der Waals surface area contributed by atoms with Crippen LogP contribution in [-0.2, 0) is 27.3 Å². The number of aliphatic hydroxyl groups is 1. The molecule has 0 bridgehead atoms. The van der Waals surface area contributed by atoms with Gasteiger partial charge in [0.1, 0.15) is 18.7 Å². The molecule has 6 nitrogen and oxygen atoms in total. The number of benzene rings is 1. The van der Waals surface area contributed by atoms with Gasteiger partial charge in [0.2, 0.25) is 0 Å². The molecule has 1 aliphatic carbocycles.